The van der Waals surface area contributed by atoms with Crippen molar-refractivity contribution in [1.29, 1.82) is 0 Å². The van der Waals surface area contributed by atoms with E-state index in [0.717, 1.165) is 24.2 Å². The summed E-state index contributed by atoms with van der Waals surface area (Å²) in [6.07, 6.45) is 12.7. The van der Waals surface area contributed by atoms with Crippen LogP contribution in [0.3, 0.4) is 0 Å². The molecule has 1 nitrogen and oxygen atoms in total. The molecule has 0 bridgehead atoms. The van der Waals surface area contributed by atoms with Gasteiger partial charge in [0.2, 0.25) is 0 Å². The number of hydrogen-bond donors (Lipinski definition) is 1. The van der Waals surface area contributed by atoms with Crippen molar-refractivity contribution in [3.05, 3.63) is 0 Å². The molecule has 2 fully saturated rings. The number of rotatable bonds is 3. The van der Waals surface area contributed by atoms with Gasteiger partial charge in [-0.2, -0.15) is 0 Å². The Morgan fingerprint density at radius 2 is 1.71 bits per heavy atom. The quantitative estimate of drug-likeness (QED) is 0.734. The molecule has 0 aromatic carbocycles. The van der Waals surface area contributed by atoms with Gasteiger partial charge >= 0.3 is 0 Å². The van der Waals surface area contributed by atoms with Gasteiger partial charge in [0.25, 0.3) is 0 Å². The Bertz CT molecular complexity index is 167. The first-order valence-corrected chi connectivity index (χ1v) is 6.51. The van der Waals surface area contributed by atoms with Crippen LogP contribution >= 0.6 is 0 Å². The molecule has 0 aromatic rings. The molecule has 3 atom stereocenters. The third-order valence-corrected chi connectivity index (χ3v) is 4.42. The van der Waals surface area contributed by atoms with Crippen molar-refractivity contribution in [1.82, 2.24) is 0 Å². The minimum Gasteiger partial charge on any atom is -0.396 e. The topological polar surface area (TPSA) is 20.2 Å². The van der Waals surface area contributed by atoms with Crippen molar-refractivity contribution < 1.29 is 5.11 Å². The molecule has 2 saturated carbocycles. The van der Waals surface area contributed by atoms with Gasteiger partial charge in [0.05, 0.1) is 0 Å². The van der Waals surface area contributed by atoms with Gasteiger partial charge < -0.3 is 5.11 Å². The van der Waals surface area contributed by atoms with Gasteiger partial charge in [-0.3, -0.25) is 0 Å². The monoisotopic (exact) mass is 196 g/mol. The zero-order chi connectivity index (χ0) is 9.80. The lowest BCUT2D eigenvalue weighted by Gasteiger charge is -2.39. The van der Waals surface area contributed by atoms with Crippen molar-refractivity contribution in [2.45, 2.75) is 57.8 Å². The van der Waals surface area contributed by atoms with E-state index in [0.29, 0.717) is 6.61 Å². The Labute approximate surface area is 87.9 Å². The molecule has 0 heterocycles. The van der Waals surface area contributed by atoms with E-state index in [9.17, 15) is 0 Å². The Hall–Kier alpha value is -0.0400. The van der Waals surface area contributed by atoms with E-state index >= 15 is 0 Å². The number of aliphatic hydroxyl groups excluding tert-OH is 1. The second kappa shape index (κ2) is 5.16. The van der Waals surface area contributed by atoms with Crippen molar-refractivity contribution in [3.8, 4) is 0 Å². The molecule has 2 aliphatic carbocycles. The van der Waals surface area contributed by atoms with Gasteiger partial charge in [-0.05, 0) is 43.4 Å². The smallest absolute Gasteiger partial charge is 0.0431 e. The van der Waals surface area contributed by atoms with Crippen LogP contribution in [0.5, 0.6) is 0 Å². The highest BCUT2D eigenvalue weighted by molar-refractivity contribution is 4.83. The van der Waals surface area contributed by atoms with Gasteiger partial charge in [0.15, 0.2) is 0 Å². The molecule has 3 unspecified atom stereocenters. The molecule has 0 aromatic heterocycles. The molecule has 0 aliphatic heterocycles. The van der Waals surface area contributed by atoms with Crippen molar-refractivity contribution in [2.24, 2.45) is 17.8 Å². The second-order valence-corrected chi connectivity index (χ2v) is 5.35. The molecular formula is C13H24O. The summed E-state index contributed by atoms with van der Waals surface area (Å²) < 4.78 is 0. The van der Waals surface area contributed by atoms with E-state index in [4.69, 9.17) is 5.11 Å². The first-order valence-electron chi connectivity index (χ1n) is 6.51. The molecule has 2 aliphatic rings. The number of fused-ring (bicyclic) bond motifs is 1. The highest BCUT2D eigenvalue weighted by atomic mass is 16.2. The van der Waals surface area contributed by atoms with E-state index in [1.807, 2.05) is 0 Å². The third-order valence-electron chi connectivity index (χ3n) is 4.42. The van der Waals surface area contributed by atoms with E-state index in [1.54, 1.807) is 0 Å². The lowest BCUT2D eigenvalue weighted by atomic mass is 9.67. The fourth-order valence-corrected chi connectivity index (χ4v) is 3.61. The zero-order valence-electron chi connectivity index (χ0n) is 9.25. The van der Waals surface area contributed by atoms with E-state index in [-0.39, 0.29) is 0 Å². The summed E-state index contributed by atoms with van der Waals surface area (Å²) in [6, 6.07) is 0. The molecule has 2 rings (SSSR count). The minimum absolute atomic E-state index is 0.393. The van der Waals surface area contributed by atoms with Gasteiger partial charge in [0.1, 0.15) is 0 Å². The van der Waals surface area contributed by atoms with Crippen LogP contribution in [-0.2, 0) is 0 Å². The van der Waals surface area contributed by atoms with Crippen molar-refractivity contribution in [3.63, 3.8) is 0 Å². The molecule has 0 saturated heterocycles. The largest absolute Gasteiger partial charge is 0.396 e. The average Bonchev–Trinajstić information content (AvgIpc) is 2.26. The first kappa shape index (κ1) is 10.5. The average molecular weight is 196 g/mol. The molecule has 82 valence electrons. The summed E-state index contributed by atoms with van der Waals surface area (Å²) in [7, 11) is 0. The van der Waals surface area contributed by atoms with E-state index in [1.165, 1.54) is 51.4 Å². The van der Waals surface area contributed by atoms with Gasteiger partial charge in [-0.1, -0.05) is 32.1 Å². The van der Waals surface area contributed by atoms with Crippen LogP contribution in [0, 0.1) is 17.8 Å². The summed E-state index contributed by atoms with van der Waals surface area (Å²) in [6.45, 7) is 0.393. The minimum atomic E-state index is 0.393. The summed E-state index contributed by atoms with van der Waals surface area (Å²) in [5, 5.41) is 8.83. The Morgan fingerprint density at radius 1 is 0.929 bits per heavy atom. The van der Waals surface area contributed by atoms with Crippen molar-refractivity contribution in [2.75, 3.05) is 6.61 Å². The van der Waals surface area contributed by atoms with Crippen LogP contribution in [0.15, 0.2) is 0 Å². The van der Waals surface area contributed by atoms with Gasteiger partial charge in [-0.25, -0.2) is 0 Å². The molecule has 0 spiro atoms. The molecule has 1 heteroatoms. The standard InChI is InChI=1S/C13H24O/c14-9-3-4-11-7-8-12-5-1-2-6-13(12)10-11/h11-14H,1-10H2. The predicted octanol–water partition coefficient (Wildman–Crippen LogP) is 3.37. The lowest BCUT2D eigenvalue weighted by Crippen LogP contribution is -2.27. The highest BCUT2D eigenvalue weighted by Gasteiger charge is 2.31. The van der Waals surface area contributed by atoms with Crippen LogP contribution in [0.2, 0.25) is 0 Å². The van der Waals surface area contributed by atoms with E-state index < -0.39 is 0 Å². The number of aliphatic hydroxyl groups is 1. The van der Waals surface area contributed by atoms with Crippen LogP contribution in [0.4, 0.5) is 0 Å². The zero-order valence-corrected chi connectivity index (χ0v) is 9.25. The van der Waals surface area contributed by atoms with Crippen LogP contribution in [0.1, 0.15) is 57.8 Å². The van der Waals surface area contributed by atoms with Gasteiger partial charge in [-0.15, -0.1) is 0 Å². The molecule has 0 amide bonds. The summed E-state index contributed by atoms with van der Waals surface area (Å²) in [5.74, 6) is 3.08. The summed E-state index contributed by atoms with van der Waals surface area (Å²) in [5.41, 5.74) is 0. The first-order chi connectivity index (χ1) is 6.90. The van der Waals surface area contributed by atoms with Gasteiger partial charge in [0, 0.05) is 6.61 Å². The maximum absolute atomic E-state index is 8.83. The fourth-order valence-electron chi connectivity index (χ4n) is 3.61. The molecular weight excluding hydrogens is 172 g/mol. The number of hydrogen-bond acceptors (Lipinski definition) is 1. The second-order valence-electron chi connectivity index (χ2n) is 5.35. The summed E-state index contributed by atoms with van der Waals surface area (Å²) >= 11 is 0. The maximum Gasteiger partial charge on any atom is 0.0431 e. The SMILES string of the molecule is OCCCC1CCC2CCCCC2C1. The van der Waals surface area contributed by atoms with Crippen LogP contribution < -0.4 is 0 Å². The molecule has 1 N–H and O–H groups in total. The van der Waals surface area contributed by atoms with Crippen LogP contribution in [0.25, 0.3) is 0 Å². The lowest BCUT2D eigenvalue weighted by molar-refractivity contribution is 0.121. The Kier molecular flexibility index (Phi) is 3.86. The predicted molar refractivity (Wildman–Crippen MR) is 59.1 cm³/mol. The summed E-state index contributed by atoms with van der Waals surface area (Å²) in [4.78, 5) is 0. The Morgan fingerprint density at radius 3 is 2.50 bits per heavy atom. The maximum atomic E-state index is 8.83. The third kappa shape index (κ3) is 2.50. The molecule has 0 radical (unpaired) electrons. The normalized spacial score (nSPS) is 37.9. The van der Waals surface area contributed by atoms with Crippen LogP contribution in [-0.4, -0.2) is 11.7 Å². The van der Waals surface area contributed by atoms with E-state index in [2.05, 4.69) is 0 Å². The fraction of sp³-hybridized carbons (Fsp3) is 1.00. The highest BCUT2D eigenvalue weighted by Crippen LogP contribution is 2.43. The molecule has 14 heavy (non-hydrogen) atoms. The Balaban J connectivity index is 1.77. The van der Waals surface area contributed by atoms with Crippen molar-refractivity contribution >= 4 is 0 Å².